The molecule has 128 valence electrons. The molecule has 0 atom stereocenters. The summed E-state index contributed by atoms with van der Waals surface area (Å²) in [5.74, 6) is -0.336. The molecule has 3 rings (SSSR count). The van der Waals surface area contributed by atoms with Gasteiger partial charge in [-0.1, -0.05) is 58.4 Å². The molecule has 3 aromatic rings. The number of rotatable bonds is 5. The van der Waals surface area contributed by atoms with E-state index < -0.39 is 0 Å². The molecule has 0 aliphatic carbocycles. The van der Waals surface area contributed by atoms with Crippen LogP contribution in [0.3, 0.4) is 0 Å². The van der Waals surface area contributed by atoms with E-state index in [2.05, 4.69) is 21.0 Å². The maximum Gasteiger partial charge on any atom is 0.342 e. The Kier molecular flexibility index (Phi) is 5.34. The molecule has 1 heterocycles. The van der Waals surface area contributed by atoms with E-state index in [0.717, 1.165) is 21.3 Å². The van der Waals surface area contributed by atoms with Crippen molar-refractivity contribution in [2.75, 3.05) is 0 Å². The van der Waals surface area contributed by atoms with Crippen LogP contribution < -0.4 is 0 Å². The standard InChI is InChI=1S/C20H19BrN2O2/c1-14-19(20(24)25-13-17-8-10-18(21)11-9-17)15(2)23(22-14)12-16-6-4-3-5-7-16/h3-11H,12-13H2,1-2H3. The Morgan fingerprint density at radius 3 is 2.40 bits per heavy atom. The van der Waals surface area contributed by atoms with Gasteiger partial charge in [0.25, 0.3) is 0 Å². The van der Waals surface area contributed by atoms with Gasteiger partial charge in [-0.2, -0.15) is 5.10 Å². The number of halogens is 1. The molecule has 0 unspecified atom stereocenters. The van der Waals surface area contributed by atoms with Gasteiger partial charge in [0.05, 0.1) is 17.9 Å². The van der Waals surface area contributed by atoms with Crippen LogP contribution >= 0.6 is 15.9 Å². The van der Waals surface area contributed by atoms with Crippen molar-refractivity contribution in [1.82, 2.24) is 9.78 Å². The van der Waals surface area contributed by atoms with Crippen LogP contribution in [0.5, 0.6) is 0 Å². The van der Waals surface area contributed by atoms with E-state index in [1.807, 2.05) is 73.1 Å². The highest BCUT2D eigenvalue weighted by Gasteiger charge is 2.20. The summed E-state index contributed by atoms with van der Waals surface area (Å²) in [6.45, 7) is 4.62. The molecule has 2 aromatic carbocycles. The van der Waals surface area contributed by atoms with Crippen LogP contribution in [-0.2, 0) is 17.9 Å². The molecule has 0 N–H and O–H groups in total. The molecular weight excluding hydrogens is 380 g/mol. The molecule has 25 heavy (non-hydrogen) atoms. The van der Waals surface area contributed by atoms with Crippen LogP contribution in [0.2, 0.25) is 0 Å². The minimum Gasteiger partial charge on any atom is -0.457 e. The first-order valence-corrected chi connectivity index (χ1v) is 8.83. The quantitative estimate of drug-likeness (QED) is 0.586. The monoisotopic (exact) mass is 398 g/mol. The number of carbonyl (C=O) groups excluding carboxylic acids is 1. The number of carbonyl (C=O) groups is 1. The first kappa shape index (κ1) is 17.4. The Morgan fingerprint density at radius 1 is 1.04 bits per heavy atom. The summed E-state index contributed by atoms with van der Waals surface area (Å²) in [5, 5.41) is 4.50. The smallest absolute Gasteiger partial charge is 0.342 e. The lowest BCUT2D eigenvalue weighted by atomic mass is 10.2. The summed E-state index contributed by atoms with van der Waals surface area (Å²) in [5.41, 5.74) is 4.15. The van der Waals surface area contributed by atoms with Crippen LogP contribution in [0.15, 0.2) is 59.1 Å². The van der Waals surface area contributed by atoms with Crippen molar-refractivity contribution >= 4 is 21.9 Å². The molecular formula is C20H19BrN2O2. The van der Waals surface area contributed by atoms with Gasteiger partial charge < -0.3 is 4.74 Å². The van der Waals surface area contributed by atoms with Crippen molar-refractivity contribution in [3.05, 3.63) is 87.1 Å². The van der Waals surface area contributed by atoms with E-state index in [1.165, 1.54) is 0 Å². The largest absolute Gasteiger partial charge is 0.457 e. The molecule has 0 radical (unpaired) electrons. The van der Waals surface area contributed by atoms with Crippen molar-refractivity contribution in [3.63, 3.8) is 0 Å². The summed E-state index contributed by atoms with van der Waals surface area (Å²) in [6, 6.07) is 17.8. The fraction of sp³-hybridized carbons (Fsp3) is 0.200. The van der Waals surface area contributed by atoms with Gasteiger partial charge >= 0.3 is 5.97 Å². The number of ether oxygens (including phenoxy) is 1. The second kappa shape index (κ2) is 7.66. The number of nitrogens with zero attached hydrogens (tertiary/aromatic N) is 2. The molecule has 4 nitrogen and oxygen atoms in total. The average molecular weight is 399 g/mol. The Bertz CT molecular complexity index is 871. The summed E-state index contributed by atoms with van der Waals surface area (Å²) in [4.78, 5) is 12.5. The van der Waals surface area contributed by atoms with Crippen LogP contribution in [0.1, 0.15) is 32.9 Å². The minimum absolute atomic E-state index is 0.245. The predicted molar refractivity (Wildman–Crippen MR) is 101 cm³/mol. The summed E-state index contributed by atoms with van der Waals surface area (Å²) in [6.07, 6.45) is 0. The van der Waals surface area contributed by atoms with Crippen molar-refractivity contribution in [1.29, 1.82) is 0 Å². The lowest BCUT2D eigenvalue weighted by Gasteiger charge is -2.07. The van der Waals surface area contributed by atoms with Gasteiger partial charge in [0.2, 0.25) is 0 Å². The van der Waals surface area contributed by atoms with E-state index in [4.69, 9.17) is 4.74 Å². The molecule has 0 amide bonds. The molecule has 0 aliphatic rings. The van der Waals surface area contributed by atoms with E-state index in [9.17, 15) is 4.79 Å². The lowest BCUT2D eigenvalue weighted by molar-refractivity contribution is 0.0471. The molecule has 0 saturated heterocycles. The number of aromatic nitrogens is 2. The van der Waals surface area contributed by atoms with Gasteiger partial charge in [-0.3, -0.25) is 4.68 Å². The Morgan fingerprint density at radius 2 is 1.72 bits per heavy atom. The van der Waals surface area contributed by atoms with Gasteiger partial charge in [-0.05, 0) is 37.1 Å². The first-order valence-electron chi connectivity index (χ1n) is 8.04. The van der Waals surface area contributed by atoms with Crippen LogP contribution in [0.4, 0.5) is 0 Å². The highest BCUT2D eigenvalue weighted by molar-refractivity contribution is 9.10. The normalized spacial score (nSPS) is 10.7. The zero-order valence-electron chi connectivity index (χ0n) is 14.2. The zero-order chi connectivity index (χ0) is 17.8. The second-order valence-electron chi connectivity index (χ2n) is 5.89. The van der Waals surface area contributed by atoms with Gasteiger partial charge in [0, 0.05) is 4.47 Å². The fourth-order valence-electron chi connectivity index (χ4n) is 2.70. The summed E-state index contributed by atoms with van der Waals surface area (Å²) < 4.78 is 8.32. The molecule has 0 fully saturated rings. The number of aryl methyl sites for hydroxylation is 1. The third-order valence-corrected chi connectivity index (χ3v) is 4.57. The maximum atomic E-state index is 12.5. The Hall–Kier alpha value is -2.40. The number of esters is 1. The molecule has 5 heteroatoms. The fourth-order valence-corrected chi connectivity index (χ4v) is 2.97. The van der Waals surface area contributed by atoms with Crippen molar-refractivity contribution in [2.45, 2.75) is 27.0 Å². The Balaban J connectivity index is 1.73. The molecule has 1 aromatic heterocycles. The molecule has 0 saturated carbocycles. The first-order chi connectivity index (χ1) is 12.0. The number of hydrogen-bond donors (Lipinski definition) is 0. The predicted octanol–water partition coefficient (Wildman–Crippen LogP) is 4.67. The van der Waals surface area contributed by atoms with Crippen molar-refractivity contribution in [2.24, 2.45) is 0 Å². The average Bonchev–Trinajstić information content (AvgIpc) is 2.89. The summed E-state index contributed by atoms with van der Waals surface area (Å²) in [7, 11) is 0. The number of hydrogen-bond acceptors (Lipinski definition) is 3. The van der Waals surface area contributed by atoms with E-state index in [-0.39, 0.29) is 12.6 Å². The summed E-state index contributed by atoms with van der Waals surface area (Å²) >= 11 is 3.39. The maximum absolute atomic E-state index is 12.5. The van der Waals surface area contributed by atoms with E-state index in [1.54, 1.807) is 0 Å². The van der Waals surface area contributed by atoms with E-state index >= 15 is 0 Å². The SMILES string of the molecule is Cc1nn(Cc2ccccc2)c(C)c1C(=O)OCc1ccc(Br)cc1. The zero-order valence-corrected chi connectivity index (χ0v) is 15.8. The van der Waals surface area contributed by atoms with Crippen LogP contribution in [0.25, 0.3) is 0 Å². The van der Waals surface area contributed by atoms with Crippen LogP contribution in [-0.4, -0.2) is 15.7 Å². The van der Waals surface area contributed by atoms with E-state index in [0.29, 0.717) is 17.8 Å². The molecule has 0 bridgehead atoms. The third kappa shape index (κ3) is 4.17. The molecule has 0 spiro atoms. The van der Waals surface area contributed by atoms with Crippen molar-refractivity contribution < 1.29 is 9.53 Å². The topological polar surface area (TPSA) is 44.1 Å². The van der Waals surface area contributed by atoms with Gasteiger partial charge in [0.15, 0.2) is 0 Å². The van der Waals surface area contributed by atoms with Gasteiger partial charge in [-0.25, -0.2) is 4.79 Å². The second-order valence-corrected chi connectivity index (χ2v) is 6.81. The van der Waals surface area contributed by atoms with Gasteiger partial charge in [-0.15, -0.1) is 0 Å². The Labute approximate surface area is 155 Å². The number of benzene rings is 2. The minimum atomic E-state index is -0.336. The lowest BCUT2D eigenvalue weighted by Crippen LogP contribution is -2.09. The van der Waals surface area contributed by atoms with Crippen LogP contribution in [0, 0.1) is 13.8 Å². The highest BCUT2D eigenvalue weighted by atomic mass is 79.9. The molecule has 0 aliphatic heterocycles. The third-order valence-electron chi connectivity index (χ3n) is 4.04. The van der Waals surface area contributed by atoms with Gasteiger partial charge in [0.1, 0.15) is 12.2 Å². The van der Waals surface area contributed by atoms with Crippen molar-refractivity contribution in [3.8, 4) is 0 Å². The highest BCUT2D eigenvalue weighted by Crippen LogP contribution is 2.17.